The molecule has 8 nitrogen and oxygen atoms in total. The highest BCUT2D eigenvalue weighted by Gasteiger charge is 2.13. The van der Waals surface area contributed by atoms with Crippen LogP contribution in [-0.2, 0) is 4.79 Å². The van der Waals surface area contributed by atoms with Gasteiger partial charge in [0.25, 0.3) is 11.8 Å². The quantitative estimate of drug-likeness (QED) is 0.606. The van der Waals surface area contributed by atoms with E-state index in [1.807, 2.05) is 6.07 Å². The fourth-order valence-electron chi connectivity index (χ4n) is 2.62. The molecule has 0 atom stereocenters. The van der Waals surface area contributed by atoms with E-state index < -0.39 is 11.8 Å². The van der Waals surface area contributed by atoms with Crippen molar-refractivity contribution in [3.8, 4) is 6.07 Å². The standard InChI is InChI=1S/C22H17N5O3/c1-14(28)24-17-7-3-8-18(12-17)26-22(30)20-10-4-9-19(27-20)21(29)25-16-6-2-5-15(11-16)13-23/h2-12H,1H3,(H,24,28)(H,25,29)(H,26,30). The van der Waals surface area contributed by atoms with Crippen molar-refractivity contribution >= 4 is 34.8 Å². The maximum Gasteiger partial charge on any atom is 0.274 e. The predicted molar refractivity (Wildman–Crippen MR) is 112 cm³/mol. The van der Waals surface area contributed by atoms with Crippen molar-refractivity contribution in [3.63, 3.8) is 0 Å². The second kappa shape index (κ2) is 9.12. The number of nitrogens with one attached hydrogen (secondary N) is 3. The second-order valence-corrected chi connectivity index (χ2v) is 6.27. The molecule has 2 aromatic carbocycles. The molecule has 0 saturated carbocycles. The summed E-state index contributed by atoms with van der Waals surface area (Å²) in [5, 5.41) is 16.9. The molecule has 0 bridgehead atoms. The number of amides is 3. The van der Waals surface area contributed by atoms with Gasteiger partial charge in [0.15, 0.2) is 0 Å². The molecule has 3 N–H and O–H groups in total. The molecule has 0 radical (unpaired) electrons. The van der Waals surface area contributed by atoms with E-state index in [2.05, 4.69) is 20.9 Å². The van der Waals surface area contributed by atoms with E-state index in [1.54, 1.807) is 48.5 Å². The fourth-order valence-corrected chi connectivity index (χ4v) is 2.62. The predicted octanol–water partition coefficient (Wildman–Crippen LogP) is 3.42. The zero-order valence-corrected chi connectivity index (χ0v) is 16.0. The van der Waals surface area contributed by atoms with Crippen molar-refractivity contribution in [2.45, 2.75) is 6.92 Å². The lowest BCUT2D eigenvalue weighted by atomic mass is 10.2. The SMILES string of the molecule is CC(=O)Nc1cccc(NC(=O)c2cccc(C(=O)Nc3cccc(C#N)c3)n2)c1. The van der Waals surface area contributed by atoms with Crippen molar-refractivity contribution < 1.29 is 14.4 Å². The van der Waals surface area contributed by atoms with Gasteiger partial charge >= 0.3 is 0 Å². The molecule has 1 aromatic heterocycles. The van der Waals surface area contributed by atoms with E-state index in [1.165, 1.54) is 25.1 Å². The molecule has 0 aliphatic heterocycles. The second-order valence-electron chi connectivity index (χ2n) is 6.27. The van der Waals surface area contributed by atoms with E-state index in [9.17, 15) is 14.4 Å². The number of nitriles is 1. The van der Waals surface area contributed by atoms with Gasteiger partial charge in [-0.25, -0.2) is 4.98 Å². The molecule has 0 aliphatic rings. The highest BCUT2D eigenvalue weighted by atomic mass is 16.2. The highest BCUT2D eigenvalue weighted by molar-refractivity contribution is 6.06. The number of anilines is 3. The lowest BCUT2D eigenvalue weighted by Gasteiger charge is -2.09. The van der Waals surface area contributed by atoms with Crippen LogP contribution in [-0.4, -0.2) is 22.7 Å². The van der Waals surface area contributed by atoms with Gasteiger partial charge in [-0.2, -0.15) is 5.26 Å². The van der Waals surface area contributed by atoms with Gasteiger partial charge in [0.2, 0.25) is 5.91 Å². The number of aromatic nitrogens is 1. The summed E-state index contributed by atoms with van der Waals surface area (Å²) in [5.41, 5.74) is 1.98. The molecule has 148 valence electrons. The van der Waals surface area contributed by atoms with Crippen molar-refractivity contribution in [1.29, 1.82) is 5.26 Å². The molecule has 3 aromatic rings. The van der Waals surface area contributed by atoms with Crippen molar-refractivity contribution in [3.05, 3.63) is 83.7 Å². The smallest absolute Gasteiger partial charge is 0.274 e. The molecular formula is C22H17N5O3. The summed E-state index contributed by atoms with van der Waals surface area (Å²) < 4.78 is 0. The molecule has 0 unspecified atom stereocenters. The molecule has 3 amide bonds. The average Bonchev–Trinajstić information content (AvgIpc) is 2.73. The summed E-state index contributed by atoms with van der Waals surface area (Å²) in [5.74, 6) is -1.23. The monoisotopic (exact) mass is 399 g/mol. The minimum atomic E-state index is -0.507. The van der Waals surface area contributed by atoms with Crippen LogP contribution in [0.2, 0.25) is 0 Å². The average molecular weight is 399 g/mol. The van der Waals surface area contributed by atoms with E-state index in [-0.39, 0.29) is 17.3 Å². The Hall–Kier alpha value is -4.51. The van der Waals surface area contributed by atoms with Crippen LogP contribution in [0.5, 0.6) is 0 Å². The first-order valence-corrected chi connectivity index (χ1v) is 8.92. The number of benzene rings is 2. The Morgan fingerprint density at radius 3 is 1.83 bits per heavy atom. The number of carbonyl (C=O) groups excluding carboxylic acids is 3. The maximum absolute atomic E-state index is 12.5. The maximum atomic E-state index is 12.5. The zero-order chi connectivity index (χ0) is 21.5. The van der Waals surface area contributed by atoms with Crippen molar-refractivity contribution in [2.24, 2.45) is 0 Å². The van der Waals surface area contributed by atoms with Gasteiger partial charge in [-0.3, -0.25) is 14.4 Å². The van der Waals surface area contributed by atoms with Crippen LogP contribution in [0.4, 0.5) is 17.1 Å². The van der Waals surface area contributed by atoms with Crippen LogP contribution in [0.1, 0.15) is 33.5 Å². The first-order valence-electron chi connectivity index (χ1n) is 8.92. The highest BCUT2D eigenvalue weighted by Crippen LogP contribution is 2.16. The third-order valence-electron chi connectivity index (χ3n) is 3.90. The summed E-state index contributed by atoms with van der Waals surface area (Å²) in [6, 6.07) is 19.6. The van der Waals surface area contributed by atoms with Gasteiger partial charge in [0, 0.05) is 24.0 Å². The lowest BCUT2D eigenvalue weighted by molar-refractivity contribution is -0.114. The number of hydrogen-bond acceptors (Lipinski definition) is 5. The van der Waals surface area contributed by atoms with Crippen LogP contribution in [0.15, 0.2) is 66.7 Å². The molecule has 8 heteroatoms. The van der Waals surface area contributed by atoms with Gasteiger partial charge < -0.3 is 16.0 Å². The first kappa shape index (κ1) is 20.2. The number of carbonyl (C=O) groups is 3. The van der Waals surface area contributed by atoms with Gasteiger partial charge in [0.05, 0.1) is 11.6 Å². The number of rotatable bonds is 5. The Morgan fingerprint density at radius 2 is 1.27 bits per heavy atom. The van der Waals surface area contributed by atoms with E-state index in [4.69, 9.17) is 5.26 Å². The topological polar surface area (TPSA) is 124 Å². The Kier molecular flexibility index (Phi) is 6.15. The van der Waals surface area contributed by atoms with Crippen LogP contribution < -0.4 is 16.0 Å². The molecule has 0 saturated heterocycles. The molecular weight excluding hydrogens is 382 g/mol. The fraction of sp³-hybridized carbons (Fsp3) is 0.0455. The Bertz CT molecular complexity index is 1170. The van der Waals surface area contributed by atoms with E-state index >= 15 is 0 Å². The molecule has 3 rings (SSSR count). The Labute approximate surface area is 172 Å². The third kappa shape index (κ3) is 5.27. The third-order valence-corrected chi connectivity index (χ3v) is 3.90. The minimum absolute atomic E-state index is 0.0528. The Morgan fingerprint density at radius 1 is 0.767 bits per heavy atom. The summed E-state index contributed by atoms with van der Waals surface area (Å²) in [4.78, 5) is 40.3. The number of nitrogens with zero attached hydrogens (tertiary/aromatic N) is 2. The summed E-state index contributed by atoms with van der Waals surface area (Å²) >= 11 is 0. The Balaban J connectivity index is 1.73. The van der Waals surface area contributed by atoms with Crippen LogP contribution >= 0.6 is 0 Å². The van der Waals surface area contributed by atoms with Gasteiger partial charge in [-0.1, -0.05) is 18.2 Å². The van der Waals surface area contributed by atoms with Gasteiger partial charge in [-0.05, 0) is 48.5 Å². The lowest BCUT2D eigenvalue weighted by Crippen LogP contribution is -2.18. The summed E-state index contributed by atoms with van der Waals surface area (Å²) in [6.07, 6.45) is 0. The number of pyridine rings is 1. The van der Waals surface area contributed by atoms with Crippen molar-refractivity contribution in [2.75, 3.05) is 16.0 Å². The van der Waals surface area contributed by atoms with Crippen LogP contribution in [0, 0.1) is 11.3 Å². The molecule has 30 heavy (non-hydrogen) atoms. The summed E-state index contributed by atoms with van der Waals surface area (Å²) in [7, 11) is 0. The molecule has 0 aliphatic carbocycles. The van der Waals surface area contributed by atoms with Crippen LogP contribution in [0.3, 0.4) is 0 Å². The van der Waals surface area contributed by atoms with Crippen LogP contribution in [0.25, 0.3) is 0 Å². The van der Waals surface area contributed by atoms with Gasteiger partial charge in [0.1, 0.15) is 11.4 Å². The first-order chi connectivity index (χ1) is 14.4. The summed E-state index contributed by atoms with van der Waals surface area (Å²) in [6.45, 7) is 1.39. The molecule has 0 spiro atoms. The van der Waals surface area contributed by atoms with Gasteiger partial charge in [-0.15, -0.1) is 0 Å². The van der Waals surface area contributed by atoms with E-state index in [0.29, 0.717) is 22.6 Å². The van der Waals surface area contributed by atoms with Crippen molar-refractivity contribution in [1.82, 2.24) is 4.98 Å². The van der Waals surface area contributed by atoms with E-state index in [0.717, 1.165) is 0 Å². The molecule has 1 heterocycles. The normalized spacial score (nSPS) is 9.87. The number of hydrogen-bond donors (Lipinski definition) is 3. The zero-order valence-electron chi connectivity index (χ0n) is 16.0. The molecule has 0 fully saturated rings. The largest absolute Gasteiger partial charge is 0.326 e. The minimum Gasteiger partial charge on any atom is -0.326 e.